The summed E-state index contributed by atoms with van der Waals surface area (Å²) in [4.78, 5) is 23.1. The normalized spacial score (nSPS) is 19.3. The maximum atomic E-state index is 13.5. The van der Waals surface area contributed by atoms with Gasteiger partial charge in [-0.1, -0.05) is 11.6 Å². The van der Waals surface area contributed by atoms with E-state index >= 15 is 0 Å². The summed E-state index contributed by atoms with van der Waals surface area (Å²) >= 11 is 5.99. The van der Waals surface area contributed by atoms with E-state index in [-0.39, 0.29) is 16.8 Å². The molecular weight excluding hydrogens is 269 g/mol. The average molecular weight is 280 g/mol. The Hall–Kier alpha value is -1.68. The van der Waals surface area contributed by atoms with Crippen molar-refractivity contribution in [3.63, 3.8) is 0 Å². The molecule has 1 unspecified atom stereocenters. The van der Waals surface area contributed by atoms with Crippen molar-refractivity contribution in [2.75, 3.05) is 0 Å². The van der Waals surface area contributed by atoms with Crippen LogP contribution in [0.15, 0.2) is 18.2 Å². The third kappa shape index (κ3) is 1.87. The fourth-order valence-electron chi connectivity index (χ4n) is 2.78. The Labute approximate surface area is 114 Å². The monoisotopic (exact) mass is 279 g/mol. The van der Waals surface area contributed by atoms with Gasteiger partial charge in [0.2, 0.25) is 0 Å². The van der Waals surface area contributed by atoms with Gasteiger partial charge in [-0.05, 0) is 31.0 Å². The van der Waals surface area contributed by atoms with Crippen LogP contribution in [0, 0.1) is 5.82 Å². The van der Waals surface area contributed by atoms with E-state index in [1.165, 1.54) is 12.1 Å². The molecule has 3 rings (SSSR count). The molecule has 19 heavy (non-hydrogen) atoms. The molecule has 1 aliphatic rings. The van der Waals surface area contributed by atoms with Gasteiger partial charge in [-0.15, -0.1) is 0 Å². The Balaban J connectivity index is 2.32. The van der Waals surface area contributed by atoms with Crippen LogP contribution in [0.3, 0.4) is 0 Å². The molecule has 2 aromatic rings. The highest BCUT2D eigenvalue weighted by molar-refractivity contribution is 6.35. The quantitative estimate of drug-likeness (QED) is 0.789. The molecule has 0 amide bonds. The number of rotatable bonds is 2. The number of ketones is 1. The van der Waals surface area contributed by atoms with Crippen LogP contribution < -0.4 is 0 Å². The molecule has 1 heterocycles. The number of benzene rings is 1. The van der Waals surface area contributed by atoms with Gasteiger partial charge >= 0.3 is 0 Å². The molecule has 1 aliphatic carbocycles. The number of aromatic nitrogens is 1. The Morgan fingerprint density at radius 1 is 1.37 bits per heavy atom. The zero-order valence-corrected chi connectivity index (χ0v) is 10.8. The predicted octanol–water partition coefficient (Wildman–Crippen LogP) is 3.54. The molecular formula is C14H11ClFNO2. The second-order valence-corrected chi connectivity index (χ2v) is 5.16. The summed E-state index contributed by atoms with van der Waals surface area (Å²) < 4.78 is 15.1. The van der Waals surface area contributed by atoms with Crippen LogP contribution in [0.25, 0.3) is 10.9 Å². The topological polar surface area (TPSA) is 39.1 Å². The van der Waals surface area contributed by atoms with Crippen LogP contribution in [-0.2, 0) is 4.79 Å². The molecule has 1 fully saturated rings. The van der Waals surface area contributed by atoms with Crippen LogP contribution in [0.5, 0.6) is 0 Å². The summed E-state index contributed by atoms with van der Waals surface area (Å²) in [6, 6.07) is 3.75. The second kappa shape index (κ2) is 4.46. The number of nitrogens with zero attached hydrogens (tertiary/aromatic N) is 1. The van der Waals surface area contributed by atoms with E-state index in [0.717, 1.165) is 6.42 Å². The van der Waals surface area contributed by atoms with Crippen molar-refractivity contribution in [3.05, 3.63) is 34.7 Å². The van der Waals surface area contributed by atoms with Crippen molar-refractivity contribution in [1.29, 1.82) is 0 Å². The molecule has 1 aromatic carbocycles. The van der Waals surface area contributed by atoms with E-state index in [4.69, 9.17) is 11.6 Å². The van der Waals surface area contributed by atoms with Gasteiger partial charge in [-0.25, -0.2) is 4.39 Å². The number of hydrogen-bond donors (Lipinski definition) is 0. The van der Waals surface area contributed by atoms with E-state index in [1.54, 1.807) is 10.6 Å². The molecule has 0 saturated heterocycles. The molecule has 1 saturated carbocycles. The van der Waals surface area contributed by atoms with Gasteiger partial charge in [0.1, 0.15) is 5.82 Å². The number of halogens is 2. The van der Waals surface area contributed by atoms with Gasteiger partial charge in [0.25, 0.3) is 0 Å². The first-order valence-corrected chi connectivity index (χ1v) is 6.47. The maximum absolute atomic E-state index is 13.5. The largest absolute Gasteiger partial charge is 0.328 e. The summed E-state index contributed by atoms with van der Waals surface area (Å²) in [6.45, 7) is 0. The summed E-state index contributed by atoms with van der Waals surface area (Å²) in [5, 5.41) is 0.854. The summed E-state index contributed by atoms with van der Waals surface area (Å²) in [6.07, 6.45) is 2.66. The van der Waals surface area contributed by atoms with Crippen LogP contribution in [0.1, 0.15) is 35.8 Å². The zero-order valence-electron chi connectivity index (χ0n) is 10.0. The first kappa shape index (κ1) is 12.4. The number of hydrogen-bond acceptors (Lipinski definition) is 2. The first-order chi connectivity index (χ1) is 9.11. The number of carbonyl (C=O) groups excluding carboxylic acids is 2. The third-order valence-corrected chi connectivity index (χ3v) is 3.92. The Bertz CT molecular complexity index is 692. The lowest BCUT2D eigenvalue weighted by molar-refractivity contribution is -0.120. The molecule has 1 aromatic heterocycles. The molecule has 5 heteroatoms. The molecule has 1 atom stereocenters. The Kier molecular flexibility index (Phi) is 2.90. The van der Waals surface area contributed by atoms with Crippen LogP contribution in [-0.4, -0.2) is 16.6 Å². The van der Waals surface area contributed by atoms with Crippen LogP contribution in [0.4, 0.5) is 4.39 Å². The third-order valence-electron chi connectivity index (χ3n) is 3.61. The number of aldehydes is 1. The van der Waals surface area contributed by atoms with Crippen molar-refractivity contribution >= 4 is 34.6 Å². The lowest BCUT2D eigenvalue weighted by atomic mass is 10.2. The van der Waals surface area contributed by atoms with Gasteiger partial charge in [0.15, 0.2) is 12.1 Å². The second-order valence-electron chi connectivity index (χ2n) is 4.75. The maximum Gasteiger partial charge on any atom is 0.166 e. The Morgan fingerprint density at radius 3 is 2.79 bits per heavy atom. The highest BCUT2D eigenvalue weighted by Gasteiger charge is 2.29. The van der Waals surface area contributed by atoms with Crippen LogP contribution >= 0.6 is 11.6 Å². The minimum Gasteiger partial charge on any atom is -0.328 e. The number of Topliss-reactive ketones (excluding diaryl/α,β-unsaturated/α-hetero) is 1. The summed E-state index contributed by atoms with van der Waals surface area (Å²) in [5.74, 6) is -0.388. The zero-order chi connectivity index (χ0) is 13.6. The minimum absolute atomic E-state index is 0.0842. The van der Waals surface area contributed by atoms with Gasteiger partial charge in [0, 0.05) is 11.8 Å². The smallest absolute Gasteiger partial charge is 0.166 e. The first-order valence-electron chi connectivity index (χ1n) is 6.09. The van der Waals surface area contributed by atoms with Crippen LogP contribution in [0.2, 0.25) is 5.02 Å². The van der Waals surface area contributed by atoms with E-state index in [2.05, 4.69) is 0 Å². The van der Waals surface area contributed by atoms with Crippen molar-refractivity contribution in [2.24, 2.45) is 0 Å². The standard InChI is InChI=1S/C14H11ClFNO2/c15-11-4-8(16)5-13-10(11)6-9(7-18)17(13)12-2-1-3-14(12)19/h4-7,12H,1-3H2. The van der Waals surface area contributed by atoms with Gasteiger partial charge < -0.3 is 4.57 Å². The highest BCUT2D eigenvalue weighted by atomic mass is 35.5. The average Bonchev–Trinajstić information content (AvgIpc) is 2.92. The molecule has 0 radical (unpaired) electrons. The number of fused-ring (bicyclic) bond motifs is 1. The fraction of sp³-hybridized carbons (Fsp3) is 0.286. The molecule has 0 bridgehead atoms. The SMILES string of the molecule is O=Cc1cc2c(Cl)cc(F)cc2n1C1CCCC1=O. The van der Waals surface area contributed by atoms with Gasteiger partial charge in [-0.3, -0.25) is 9.59 Å². The lowest BCUT2D eigenvalue weighted by Gasteiger charge is -2.14. The highest BCUT2D eigenvalue weighted by Crippen LogP contribution is 2.35. The van der Waals surface area contributed by atoms with Gasteiger partial charge in [0.05, 0.1) is 22.3 Å². The van der Waals surface area contributed by atoms with Crippen molar-refractivity contribution in [2.45, 2.75) is 25.3 Å². The van der Waals surface area contributed by atoms with Crippen molar-refractivity contribution in [3.8, 4) is 0 Å². The summed E-state index contributed by atoms with van der Waals surface area (Å²) in [5.41, 5.74) is 0.870. The molecule has 0 aliphatic heterocycles. The molecule has 0 N–H and O–H groups in total. The summed E-state index contributed by atoms with van der Waals surface area (Å²) in [7, 11) is 0. The molecule has 0 spiro atoms. The predicted molar refractivity (Wildman–Crippen MR) is 70.2 cm³/mol. The van der Waals surface area contributed by atoms with E-state index in [9.17, 15) is 14.0 Å². The number of carbonyl (C=O) groups is 2. The van der Waals surface area contributed by atoms with Gasteiger partial charge in [-0.2, -0.15) is 0 Å². The van der Waals surface area contributed by atoms with E-state index in [1.807, 2.05) is 0 Å². The van der Waals surface area contributed by atoms with E-state index < -0.39 is 5.82 Å². The minimum atomic E-state index is -0.472. The van der Waals surface area contributed by atoms with E-state index in [0.29, 0.717) is 35.7 Å². The fourth-order valence-corrected chi connectivity index (χ4v) is 3.03. The lowest BCUT2D eigenvalue weighted by Crippen LogP contribution is -2.15. The van der Waals surface area contributed by atoms with Crippen molar-refractivity contribution in [1.82, 2.24) is 4.57 Å². The Morgan fingerprint density at radius 2 is 2.16 bits per heavy atom. The molecule has 98 valence electrons. The molecule has 3 nitrogen and oxygen atoms in total. The van der Waals surface area contributed by atoms with Crippen molar-refractivity contribution < 1.29 is 14.0 Å².